The topological polar surface area (TPSA) is 49.7 Å². The lowest BCUT2D eigenvalue weighted by Crippen LogP contribution is -2.38. The molecule has 0 amide bonds. The highest BCUT2D eigenvalue weighted by Crippen LogP contribution is 2.31. The van der Waals surface area contributed by atoms with Crippen molar-refractivity contribution in [2.45, 2.75) is 11.8 Å². The first-order chi connectivity index (χ1) is 10.1. The molecule has 0 heterocycles. The Hall–Kier alpha value is -1.91. The maximum Gasteiger partial charge on any atom is 0.127 e. The van der Waals surface area contributed by atoms with Crippen LogP contribution in [0.3, 0.4) is 0 Å². The molecule has 0 atom stereocenters. The first-order valence-electron chi connectivity index (χ1n) is 6.75. The SMILES string of the molecule is COc1cccc(CC(CO)(CO)c2ccccc2F)c1. The van der Waals surface area contributed by atoms with Crippen LogP contribution in [0, 0.1) is 5.82 Å². The summed E-state index contributed by atoms with van der Waals surface area (Å²) in [4.78, 5) is 0. The Balaban J connectivity index is 2.40. The molecule has 2 aromatic rings. The smallest absolute Gasteiger partial charge is 0.127 e. The lowest BCUT2D eigenvalue weighted by molar-refractivity contribution is 0.113. The molecule has 0 aliphatic rings. The number of halogens is 1. The van der Waals surface area contributed by atoms with Gasteiger partial charge >= 0.3 is 0 Å². The number of methoxy groups -OCH3 is 1. The molecule has 0 fully saturated rings. The third kappa shape index (κ3) is 3.23. The molecule has 0 bridgehead atoms. The van der Waals surface area contributed by atoms with Gasteiger partial charge in [-0.25, -0.2) is 4.39 Å². The van der Waals surface area contributed by atoms with Gasteiger partial charge in [-0.05, 0) is 35.7 Å². The van der Waals surface area contributed by atoms with Crippen LogP contribution < -0.4 is 4.74 Å². The summed E-state index contributed by atoms with van der Waals surface area (Å²) < 4.78 is 19.2. The van der Waals surface area contributed by atoms with Crippen molar-refractivity contribution in [2.24, 2.45) is 0 Å². The van der Waals surface area contributed by atoms with Crippen LogP contribution in [0.15, 0.2) is 48.5 Å². The van der Waals surface area contributed by atoms with E-state index in [0.717, 1.165) is 5.56 Å². The standard InChI is InChI=1S/C17H19FO3/c1-21-14-6-4-5-13(9-14)10-17(11-19,12-20)15-7-2-3-8-16(15)18/h2-9,19-20H,10-12H2,1H3. The third-order valence-corrected chi connectivity index (χ3v) is 3.73. The van der Waals surface area contributed by atoms with E-state index >= 15 is 0 Å². The Labute approximate surface area is 123 Å². The summed E-state index contributed by atoms with van der Waals surface area (Å²) in [6, 6.07) is 13.5. The van der Waals surface area contributed by atoms with E-state index in [1.807, 2.05) is 24.3 Å². The number of hydrogen-bond donors (Lipinski definition) is 2. The highest BCUT2D eigenvalue weighted by molar-refractivity contribution is 5.34. The first kappa shape index (κ1) is 15.5. The van der Waals surface area contributed by atoms with Gasteiger partial charge in [-0.2, -0.15) is 0 Å². The first-order valence-corrected chi connectivity index (χ1v) is 6.75. The van der Waals surface area contributed by atoms with Gasteiger partial charge in [0.1, 0.15) is 11.6 Å². The van der Waals surface area contributed by atoms with Crippen molar-refractivity contribution in [1.82, 2.24) is 0 Å². The summed E-state index contributed by atoms with van der Waals surface area (Å²) in [5, 5.41) is 19.6. The molecule has 0 aliphatic carbocycles. The zero-order chi connectivity index (χ0) is 15.3. The molecule has 4 heteroatoms. The van der Waals surface area contributed by atoms with Crippen molar-refractivity contribution in [2.75, 3.05) is 20.3 Å². The zero-order valence-electron chi connectivity index (χ0n) is 11.9. The predicted octanol–water partition coefficient (Wildman–Crippen LogP) is 2.30. The van der Waals surface area contributed by atoms with Crippen LogP contribution in [0.25, 0.3) is 0 Å². The Bertz CT molecular complexity index is 594. The molecule has 0 unspecified atom stereocenters. The fraction of sp³-hybridized carbons (Fsp3) is 0.294. The molecule has 0 aromatic heterocycles. The number of aliphatic hydroxyl groups is 2. The number of ether oxygens (including phenoxy) is 1. The minimum atomic E-state index is -1.06. The summed E-state index contributed by atoms with van der Waals surface area (Å²) in [5.41, 5.74) is 0.121. The summed E-state index contributed by atoms with van der Waals surface area (Å²) >= 11 is 0. The fourth-order valence-corrected chi connectivity index (χ4v) is 2.49. The van der Waals surface area contributed by atoms with Crippen LogP contribution in [0.1, 0.15) is 11.1 Å². The van der Waals surface area contributed by atoms with Gasteiger partial charge in [0.05, 0.1) is 20.3 Å². The normalized spacial score (nSPS) is 11.4. The zero-order valence-corrected chi connectivity index (χ0v) is 11.9. The summed E-state index contributed by atoms with van der Waals surface area (Å²) in [6.07, 6.45) is 0.318. The molecule has 21 heavy (non-hydrogen) atoms. The molecule has 2 N–H and O–H groups in total. The Morgan fingerprint density at radius 2 is 1.76 bits per heavy atom. The van der Waals surface area contributed by atoms with Crippen LogP contribution >= 0.6 is 0 Å². The van der Waals surface area contributed by atoms with Gasteiger partial charge in [0, 0.05) is 5.41 Å². The Morgan fingerprint density at radius 1 is 1.05 bits per heavy atom. The van der Waals surface area contributed by atoms with Crippen molar-refractivity contribution in [1.29, 1.82) is 0 Å². The molecule has 0 aliphatic heterocycles. The average molecular weight is 290 g/mol. The Kier molecular flexibility index (Phi) is 4.94. The largest absolute Gasteiger partial charge is 0.497 e. The number of benzene rings is 2. The van der Waals surface area contributed by atoms with Gasteiger partial charge in [0.2, 0.25) is 0 Å². The van der Waals surface area contributed by atoms with E-state index in [1.165, 1.54) is 6.07 Å². The second-order valence-corrected chi connectivity index (χ2v) is 5.10. The molecule has 2 aromatic carbocycles. The number of hydrogen-bond acceptors (Lipinski definition) is 3. The summed E-state index contributed by atoms with van der Waals surface area (Å²) in [5.74, 6) is 0.259. The van der Waals surface area contributed by atoms with E-state index < -0.39 is 11.2 Å². The van der Waals surface area contributed by atoms with E-state index in [1.54, 1.807) is 25.3 Å². The van der Waals surface area contributed by atoms with Gasteiger partial charge in [0.25, 0.3) is 0 Å². The van der Waals surface area contributed by atoms with E-state index in [0.29, 0.717) is 17.7 Å². The predicted molar refractivity (Wildman–Crippen MR) is 78.9 cm³/mol. The van der Waals surface area contributed by atoms with Crippen LogP contribution in [0.4, 0.5) is 4.39 Å². The quantitative estimate of drug-likeness (QED) is 0.858. The van der Waals surface area contributed by atoms with Crippen molar-refractivity contribution >= 4 is 0 Å². The fourth-order valence-electron chi connectivity index (χ4n) is 2.49. The number of aliphatic hydroxyl groups excluding tert-OH is 2. The van der Waals surface area contributed by atoms with Crippen molar-refractivity contribution in [3.63, 3.8) is 0 Å². The van der Waals surface area contributed by atoms with Gasteiger partial charge in [-0.15, -0.1) is 0 Å². The molecule has 0 radical (unpaired) electrons. The Morgan fingerprint density at radius 3 is 2.38 bits per heavy atom. The van der Waals surface area contributed by atoms with Gasteiger partial charge < -0.3 is 14.9 Å². The third-order valence-electron chi connectivity index (χ3n) is 3.73. The van der Waals surface area contributed by atoms with Crippen molar-refractivity contribution in [3.8, 4) is 5.75 Å². The van der Waals surface area contributed by atoms with Gasteiger partial charge in [-0.1, -0.05) is 30.3 Å². The monoisotopic (exact) mass is 290 g/mol. The molecule has 2 rings (SSSR count). The van der Waals surface area contributed by atoms with Crippen LogP contribution in [-0.2, 0) is 11.8 Å². The molecule has 0 spiro atoms. The molecule has 0 saturated carbocycles. The van der Waals surface area contributed by atoms with E-state index in [9.17, 15) is 14.6 Å². The van der Waals surface area contributed by atoms with Crippen LogP contribution in [0.2, 0.25) is 0 Å². The highest BCUT2D eigenvalue weighted by Gasteiger charge is 2.33. The van der Waals surface area contributed by atoms with E-state index in [4.69, 9.17) is 4.74 Å². The van der Waals surface area contributed by atoms with Crippen molar-refractivity contribution in [3.05, 3.63) is 65.5 Å². The van der Waals surface area contributed by atoms with E-state index in [2.05, 4.69) is 0 Å². The minimum absolute atomic E-state index is 0.317. The summed E-state index contributed by atoms with van der Waals surface area (Å²) in [6.45, 7) is -0.691. The lowest BCUT2D eigenvalue weighted by atomic mass is 9.76. The summed E-state index contributed by atoms with van der Waals surface area (Å²) in [7, 11) is 1.57. The average Bonchev–Trinajstić information content (AvgIpc) is 2.53. The second kappa shape index (κ2) is 6.70. The van der Waals surface area contributed by atoms with Gasteiger partial charge in [-0.3, -0.25) is 0 Å². The highest BCUT2D eigenvalue weighted by atomic mass is 19.1. The molecule has 112 valence electrons. The maximum atomic E-state index is 14.1. The lowest BCUT2D eigenvalue weighted by Gasteiger charge is -2.31. The molecular weight excluding hydrogens is 271 g/mol. The molecular formula is C17H19FO3. The molecule has 3 nitrogen and oxygen atoms in total. The number of rotatable bonds is 6. The van der Waals surface area contributed by atoms with Crippen LogP contribution in [-0.4, -0.2) is 30.5 Å². The van der Waals surface area contributed by atoms with Crippen LogP contribution in [0.5, 0.6) is 5.75 Å². The molecule has 0 saturated heterocycles. The van der Waals surface area contributed by atoms with Gasteiger partial charge in [0.15, 0.2) is 0 Å². The second-order valence-electron chi connectivity index (χ2n) is 5.10. The van der Waals surface area contributed by atoms with Crippen molar-refractivity contribution < 1.29 is 19.3 Å². The maximum absolute atomic E-state index is 14.1. The minimum Gasteiger partial charge on any atom is -0.497 e. The van der Waals surface area contributed by atoms with E-state index in [-0.39, 0.29) is 13.2 Å².